The van der Waals surface area contributed by atoms with Crippen LogP contribution < -0.4 is 5.32 Å². The van der Waals surface area contributed by atoms with Crippen LogP contribution in [0.4, 0.5) is 0 Å². The SMILES string of the molecule is CC(C)(CNCCCCC(=O)O)S(C)(=O)=O. The van der Waals surface area contributed by atoms with Crippen molar-refractivity contribution in [1.82, 2.24) is 5.32 Å². The van der Waals surface area contributed by atoms with Crippen molar-refractivity contribution >= 4 is 15.8 Å². The van der Waals surface area contributed by atoms with Crippen LogP contribution in [-0.2, 0) is 14.6 Å². The molecule has 0 unspecified atom stereocenters. The molecule has 0 aromatic carbocycles. The van der Waals surface area contributed by atoms with Gasteiger partial charge < -0.3 is 10.4 Å². The van der Waals surface area contributed by atoms with Gasteiger partial charge in [-0.15, -0.1) is 0 Å². The summed E-state index contributed by atoms with van der Waals surface area (Å²) in [5.74, 6) is -0.795. The van der Waals surface area contributed by atoms with Crippen molar-refractivity contribution in [3.05, 3.63) is 0 Å². The van der Waals surface area contributed by atoms with Crippen LogP contribution in [-0.4, -0.2) is 43.6 Å². The minimum Gasteiger partial charge on any atom is -0.481 e. The first-order chi connectivity index (χ1) is 7.17. The lowest BCUT2D eigenvalue weighted by Gasteiger charge is -2.22. The first kappa shape index (κ1) is 15.4. The number of carboxylic acids is 1. The van der Waals surface area contributed by atoms with Gasteiger partial charge in [-0.1, -0.05) is 0 Å². The van der Waals surface area contributed by atoms with E-state index in [1.807, 2.05) is 0 Å². The second kappa shape index (κ2) is 6.20. The van der Waals surface area contributed by atoms with E-state index in [2.05, 4.69) is 5.32 Å². The molecular weight excluding hydrogens is 230 g/mol. The Morgan fingerprint density at radius 1 is 1.31 bits per heavy atom. The van der Waals surface area contributed by atoms with Gasteiger partial charge in [0, 0.05) is 19.2 Å². The fourth-order valence-corrected chi connectivity index (χ4v) is 1.41. The van der Waals surface area contributed by atoms with Crippen LogP contribution in [0.25, 0.3) is 0 Å². The summed E-state index contributed by atoms with van der Waals surface area (Å²) >= 11 is 0. The number of hydrogen-bond donors (Lipinski definition) is 2. The largest absolute Gasteiger partial charge is 0.481 e. The molecule has 0 radical (unpaired) electrons. The molecule has 0 aromatic heterocycles. The Balaban J connectivity index is 3.71. The summed E-state index contributed by atoms with van der Waals surface area (Å²) in [6, 6.07) is 0. The van der Waals surface area contributed by atoms with Crippen molar-refractivity contribution in [2.45, 2.75) is 37.9 Å². The van der Waals surface area contributed by atoms with Gasteiger partial charge in [-0.2, -0.15) is 0 Å². The number of rotatable bonds is 8. The van der Waals surface area contributed by atoms with Crippen LogP contribution in [0.2, 0.25) is 0 Å². The lowest BCUT2D eigenvalue weighted by Crippen LogP contribution is -2.41. The van der Waals surface area contributed by atoms with E-state index in [1.165, 1.54) is 6.26 Å². The molecule has 96 valence electrons. The number of hydrogen-bond acceptors (Lipinski definition) is 4. The Morgan fingerprint density at radius 2 is 1.88 bits per heavy atom. The van der Waals surface area contributed by atoms with Gasteiger partial charge in [0.1, 0.15) is 0 Å². The molecular formula is C10H21NO4S. The fourth-order valence-electron chi connectivity index (χ4n) is 1.05. The van der Waals surface area contributed by atoms with Crippen LogP contribution in [0.15, 0.2) is 0 Å². The Morgan fingerprint density at radius 3 is 2.31 bits per heavy atom. The molecule has 0 aliphatic heterocycles. The van der Waals surface area contributed by atoms with E-state index in [9.17, 15) is 13.2 Å². The van der Waals surface area contributed by atoms with Crippen molar-refractivity contribution in [1.29, 1.82) is 0 Å². The average Bonchev–Trinajstić information content (AvgIpc) is 2.08. The molecule has 0 bridgehead atoms. The Bertz CT molecular complexity index is 322. The Labute approximate surface area is 97.2 Å². The third-order valence-electron chi connectivity index (χ3n) is 2.55. The van der Waals surface area contributed by atoms with Gasteiger partial charge >= 0.3 is 5.97 Å². The van der Waals surface area contributed by atoms with Gasteiger partial charge in [-0.25, -0.2) is 8.42 Å². The molecule has 0 spiro atoms. The van der Waals surface area contributed by atoms with Crippen LogP contribution in [0.5, 0.6) is 0 Å². The maximum absolute atomic E-state index is 11.3. The monoisotopic (exact) mass is 251 g/mol. The highest BCUT2D eigenvalue weighted by molar-refractivity contribution is 7.92. The molecule has 0 saturated heterocycles. The van der Waals surface area contributed by atoms with E-state index in [0.717, 1.165) is 6.42 Å². The van der Waals surface area contributed by atoms with Crippen molar-refractivity contribution in [2.24, 2.45) is 0 Å². The predicted octanol–water partition coefficient (Wildman–Crippen LogP) is 0.654. The van der Waals surface area contributed by atoms with Crippen LogP contribution in [0.3, 0.4) is 0 Å². The Hall–Kier alpha value is -0.620. The van der Waals surface area contributed by atoms with Gasteiger partial charge in [0.25, 0.3) is 0 Å². The van der Waals surface area contributed by atoms with E-state index in [0.29, 0.717) is 19.5 Å². The molecule has 16 heavy (non-hydrogen) atoms. The van der Waals surface area contributed by atoms with E-state index in [-0.39, 0.29) is 6.42 Å². The highest BCUT2D eigenvalue weighted by Crippen LogP contribution is 2.13. The van der Waals surface area contributed by atoms with E-state index in [1.54, 1.807) is 13.8 Å². The maximum Gasteiger partial charge on any atom is 0.303 e. The predicted molar refractivity (Wildman–Crippen MR) is 63.3 cm³/mol. The molecule has 0 aliphatic carbocycles. The zero-order valence-electron chi connectivity index (χ0n) is 10.1. The smallest absolute Gasteiger partial charge is 0.303 e. The molecule has 0 amide bonds. The quantitative estimate of drug-likeness (QED) is 0.619. The second-order valence-electron chi connectivity index (χ2n) is 4.56. The minimum absolute atomic E-state index is 0.164. The number of nitrogens with one attached hydrogen (secondary N) is 1. The van der Waals surface area contributed by atoms with E-state index in [4.69, 9.17) is 5.11 Å². The van der Waals surface area contributed by atoms with Crippen LogP contribution >= 0.6 is 0 Å². The van der Waals surface area contributed by atoms with Crippen LogP contribution in [0, 0.1) is 0 Å². The lowest BCUT2D eigenvalue weighted by molar-refractivity contribution is -0.137. The summed E-state index contributed by atoms with van der Waals surface area (Å²) in [5.41, 5.74) is 0. The number of sulfone groups is 1. The fraction of sp³-hybridized carbons (Fsp3) is 0.900. The van der Waals surface area contributed by atoms with Gasteiger partial charge in [-0.3, -0.25) is 4.79 Å². The number of carbonyl (C=O) groups is 1. The zero-order chi connectivity index (χ0) is 12.8. The maximum atomic E-state index is 11.3. The van der Waals surface area contributed by atoms with Crippen molar-refractivity contribution < 1.29 is 18.3 Å². The standard InChI is InChI=1S/C10H21NO4S/c1-10(2,16(3,14)15)8-11-7-5-4-6-9(12)13/h11H,4-8H2,1-3H3,(H,12,13). The second-order valence-corrected chi connectivity index (χ2v) is 7.21. The number of carboxylic acid groups (broad SMARTS) is 1. The number of aliphatic carboxylic acids is 1. The minimum atomic E-state index is -3.07. The van der Waals surface area contributed by atoms with E-state index < -0.39 is 20.6 Å². The lowest BCUT2D eigenvalue weighted by atomic mass is 10.2. The van der Waals surface area contributed by atoms with E-state index >= 15 is 0 Å². The molecule has 2 N–H and O–H groups in total. The Kier molecular flexibility index (Phi) is 5.96. The van der Waals surface area contributed by atoms with Crippen molar-refractivity contribution in [2.75, 3.05) is 19.3 Å². The number of unbranched alkanes of at least 4 members (excludes halogenated alkanes) is 1. The molecule has 0 aromatic rings. The summed E-state index contributed by atoms with van der Waals surface area (Å²) in [4.78, 5) is 10.2. The highest BCUT2D eigenvalue weighted by atomic mass is 32.2. The molecule has 0 heterocycles. The van der Waals surface area contributed by atoms with Gasteiger partial charge in [-0.05, 0) is 33.2 Å². The third-order valence-corrected chi connectivity index (χ3v) is 4.70. The summed E-state index contributed by atoms with van der Waals surface area (Å²) in [5, 5.41) is 11.4. The van der Waals surface area contributed by atoms with Gasteiger partial charge in [0.15, 0.2) is 9.84 Å². The first-order valence-corrected chi connectivity index (χ1v) is 7.18. The van der Waals surface area contributed by atoms with Gasteiger partial charge in [0.05, 0.1) is 4.75 Å². The normalized spacial score (nSPS) is 12.7. The summed E-state index contributed by atoms with van der Waals surface area (Å²) in [6.45, 7) is 4.38. The van der Waals surface area contributed by atoms with Crippen molar-refractivity contribution in [3.63, 3.8) is 0 Å². The topological polar surface area (TPSA) is 83.5 Å². The van der Waals surface area contributed by atoms with Gasteiger partial charge in [0.2, 0.25) is 0 Å². The average molecular weight is 251 g/mol. The van der Waals surface area contributed by atoms with Crippen molar-refractivity contribution in [3.8, 4) is 0 Å². The molecule has 0 rings (SSSR count). The first-order valence-electron chi connectivity index (χ1n) is 5.29. The summed E-state index contributed by atoms with van der Waals surface area (Å²) in [6.07, 6.45) is 2.74. The zero-order valence-corrected chi connectivity index (χ0v) is 10.9. The summed E-state index contributed by atoms with van der Waals surface area (Å²) in [7, 11) is -3.07. The highest BCUT2D eigenvalue weighted by Gasteiger charge is 2.29. The molecule has 0 fully saturated rings. The molecule has 0 aliphatic rings. The molecule has 0 saturated carbocycles. The summed E-state index contributed by atoms with van der Waals surface area (Å²) < 4.78 is 21.9. The molecule has 5 nitrogen and oxygen atoms in total. The molecule has 0 atom stereocenters. The third kappa shape index (κ3) is 6.07. The molecule has 6 heteroatoms. The van der Waals surface area contributed by atoms with Crippen LogP contribution in [0.1, 0.15) is 33.1 Å².